The Labute approximate surface area is 106 Å². The third-order valence-corrected chi connectivity index (χ3v) is 2.77. The van der Waals surface area contributed by atoms with E-state index in [0.29, 0.717) is 11.3 Å². The van der Waals surface area contributed by atoms with Gasteiger partial charge in [-0.1, -0.05) is 17.7 Å². The summed E-state index contributed by atoms with van der Waals surface area (Å²) in [6.07, 6.45) is -2.18. The predicted molar refractivity (Wildman–Crippen MR) is 64.1 cm³/mol. The van der Waals surface area contributed by atoms with E-state index in [0.717, 1.165) is 18.5 Å². The van der Waals surface area contributed by atoms with Crippen LogP contribution in [0.15, 0.2) is 36.7 Å². The fourth-order valence-electron chi connectivity index (χ4n) is 1.57. The molecule has 0 aliphatic carbocycles. The van der Waals surface area contributed by atoms with Crippen LogP contribution in [0.2, 0.25) is 5.02 Å². The number of hydrogen-bond donors (Lipinski definition) is 1. The van der Waals surface area contributed by atoms with Gasteiger partial charge < -0.3 is 5.73 Å². The van der Waals surface area contributed by atoms with E-state index in [9.17, 15) is 13.2 Å². The average molecular weight is 273 g/mol. The molecule has 2 aromatic rings. The number of nitrogen functional groups attached to an aromatic ring is 1. The maximum Gasteiger partial charge on any atom is 0.417 e. The summed E-state index contributed by atoms with van der Waals surface area (Å²) in [6, 6.07) is 5.26. The highest BCUT2D eigenvalue weighted by Crippen LogP contribution is 2.37. The largest absolute Gasteiger partial charge is 0.417 e. The number of aromatic nitrogens is 1. The van der Waals surface area contributed by atoms with Gasteiger partial charge in [0.25, 0.3) is 0 Å². The molecular weight excluding hydrogens is 265 g/mol. The molecule has 2 nitrogen and oxygen atoms in total. The number of nitrogens with zero attached hydrogens (tertiary/aromatic N) is 1. The van der Waals surface area contributed by atoms with Gasteiger partial charge in [-0.2, -0.15) is 13.2 Å². The average Bonchev–Trinajstić information content (AvgIpc) is 2.32. The number of pyridine rings is 1. The number of hydrogen-bond acceptors (Lipinski definition) is 2. The van der Waals surface area contributed by atoms with E-state index < -0.39 is 11.7 Å². The second kappa shape index (κ2) is 4.49. The summed E-state index contributed by atoms with van der Waals surface area (Å²) in [6.45, 7) is 0. The van der Waals surface area contributed by atoms with Crippen LogP contribution in [0.4, 0.5) is 18.9 Å². The Kier molecular flexibility index (Phi) is 3.17. The highest BCUT2D eigenvalue weighted by atomic mass is 35.5. The molecule has 0 aliphatic heterocycles. The van der Waals surface area contributed by atoms with Crippen molar-refractivity contribution in [3.63, 3.8) is 0 Å². The predicted octanol–water partition coefficient (Wildman–Crippen LogP) is 4.00. The SMILES string of the molecule is Nc1ccc(-c2cnccc2C(F)(F)F)cc1Cl. The minimum absolute atomic E-state index is 0.0214. The Morgan fingerprint density at radius 2 is 1.89 bits per heavy atom. The van der Waals surface area contributed by atoms with E-state index in [1.165, 1.54) is 18.2 Å². The Bertz CT molecular complexity index is 582. The van der Waals surface area contributed by atoms with Crippen LogP contribution in [0.3, 0.4) is 0 Å². The Morgan fingerprint density at radius 3 is 2.50 bits per heavy atom. The van der Waals surface area contributed by atoms with Gasteiger partial charge in [-0.05, 0) is 23.8 Å². The Balaban J connectivity index is 2.61. The Hall–Kier alpha value is -1.75. The molecule has 0 atom stereocenters. The van der Waals surface area contributed by atoms with Crippen LogP contribution in [0.1, 0.15) is 5.56 Å². The third kappa shape index (κ3) is 2.41. The summed E-state index contributed by atoms with van der Waals surface area (Å²) in [5.41, 5.74) is 5.39. The molecule has 0 radical (unpaired) electrons. The van der Waals surface area contributed by atoms with Crippen LogP contribution >= 0.6 is 11.6 Å². The van der Waals surface area contributed by atoms with E-state index in [1.54, 1.807) is 0 Å². The first-order chi connectivity index (χ1) is 8.39. The van der Waals surface area contributed by atoms with Crippen molar-refractivity contribution >= 4 is 17.3 Å². The van der Waals surface area contributed by atoms with Crippen molar-refractivity contribution in [3.05, 3.63) is 47.2 Å². The monoisotopic (exact) mass is 272 g/mol. The smallest absolute Gasteiger partial charge is 0.398 e. The molecule has 0 unspecified atom stereocenters. The second-order valence-electron chi connectivity index (χ2n) is 3.66. The molecule has 0 amide bonds. The number of rotatable bonds is 1. The quantitative estimate of drug-likeness (QED) is 0.797. The zero-order chi connectivity index (χ0) is 13.3. The highest BCUT2D eigenvalue weighted by molar-refractivity contribution is 6.33. The van der Waals surface area contributed by atoms with Gasteiger partial charge in [-0.3, -0.25) is 4.98 Å². The van der Waals surface area contributed by atoms with Crippen LogP contribution in [-0.2, 0) is 6.18 Å². The van der Waals surface area contributed by atoms with Gasteiger partial charge >= 0.3 is 6.18 Å². The molecule has 1 aromatic carbocycles. The van der Waals surface area contributed by atoms with Crippen LogP contribution in [-0.4, -0.2) is 4.98 Å². The molecule has 6 heteroatoms. The molecule has 0 saturated carbocycles. The molecule has 0 saturated heterocycles. The number of alkyl halides is 3. The first kappa shape index (κ1) is 12.7. The maximum absolute atomic E-state index is 12.8. The fraction of sp³-hybridized carbons (Fsp3) is 0.0833. The molecule has 0 fully saturated rings. The first-order valence-corrected chi connectivity index (χ1v) is 5.34. The topological polar surface area (TPSA) is 38.9 Å². The summed E-state index contributed by atoms with van der Waals surface area (Å²) in [5, 5.41) is 0.212. The van der Waals surface area contributed by atoms with Gasteiger partial charge in [0.1, 0.15) is 0 Å². The summed E-state index contributed by atoms with van der Waals surface area (Å²) in [7, 11) is 0. The van der Waals surface area contributed by atoms with Crippen molar-refractivity contribution in [1.82, 2.24) is 4.98 Å². The fourth-order valence-corrected chi connectivity index (χ4v) is 1.75. The molecule has 0 bridgehead atoms. The maximum atomic E-state index is 12.8. The zero-order valence-corrected chi connectivity index (χ0v) is 9.76. The van der Waals surface area contributed by atoms with Crippen LogP contribution in [0.5, 0.6) is 0 Å². The summed E-state index contributed by atoms with van der Waals surface area (Å²) < 4.78 is 38.5. The lowest BCUT2D eigenvalue weighted by molar-refractivity contribution is -0.137. The van der Waals surface area contributed by atoms with Crippen molar-refractivity contribution in [3.8, 4) is 11.1 Å². The molecular formula is C12H8ClF3N2. The van der Waals surface area contributed by atoms with Crippen LogP contribution < -0.4 is 5.73 Å². The molecule has 1 aromatic heterocycles. The normalized spacial score (nSPS) is 11.6. The molecule has 1 heterocycles. The third-order valence-electron chi connectivity index (χ3n) is 2.44. The van der Waals surface area contributed by atoms with Crippen molar-refractivity contribution in [2.75, 3.05) is 5.73 Å². The van der Waals surface area contributed by atoms with E-state index >= 15 is 0 Å². The summed E-state index contributed by atoms with van der Waals surface area (Å²) in [5.74, 6) is 0. The number of nitrogens with two attached hydrogens (primary N) is 1. The van der Waals surface area contributed by atoms with E-state index in [2.05, 4.69) is 4.98 Å². The lowest BCUT2D eigenvalue weighted by atomic mass is 10.0. The van der Waals surface area contributed by atoms with Crippen molar-refractivity contribution in [2.24, 2.45) is 0 Å². The van der Waals surface area contributed by atoms with Crippen LogP contribution in [0.25, 0.3) is 11.1 Å². The number of halogens is 4. The molecule has 0 spiro atoms. The summed E-state index contributed by atoms with van der Waals surface area (Å²) >= 11 is 5.80. The number of anilines is 1. The van der Waals surface area contributed by atoms with Gasteiger partial charge in [0, 0.05) is 18.0 Å². The lowest BCUT2D eigenvalue weighted by Gasteiger charge is -2.12. The van der Waals surface area contributed by atoms with Gasteiger partial charge in [-0.15, -0.1) is 0 Å². The van der Waals surface area contributed by atoms with Gasteiger partial charge in [0.2, 0.25) is 0 Å². The standard InChI is InChI=1S/C12H8ClF3N2/c13-10-5-7(1-2-11(10)17)8-6-18-4-3-9(8)12(14,15)16/h1-6H,17H2. The second-order valence-corrected chi connectivity index (χ2v) is 4.06. The molecule has 0 aliphatic rings. The first-order valence-electron chi connectivity index (χ1n) is 4.96. The molecule has 94 valence electrons. The molecule has 2 N–H and O–H groups in total. The minimum atomic E-state index is -4.44. The van der Waals surface area contributed by atoms with Gasteiger partial charge in [-0.25, -0.2) is 0 Å². The van der Waals surface area contributed by atoms with E-state index in [-0.39, 0.29) is 10.6 Å². The minimum Gasteiger partial charge on any atom is -0.398 e. The van der Waals surface area contributed by atoms with Crippen molar-refractivity contribution in [2.45, 2.75) is 6.18 Å². The highest BCUT2D eigenvalue weighted by Gasteiger charge is 2.33. The zero-order valence-electron chi connectivity index (χ0n) is 9.00. The Morgan fingerprint density at radius 1 is 1.17 bits per heavy atom. The number of benzene rings is 1. The van der Waals surface area contributed by atoms with Gasteiger partial charge in [0.05, 0.1) is 16.3 Å². The van der Waals surface area contributed by atoms with E-state index in [4.69, 9.17) is 17.3 Å². The molecule has 18 heavy (non-hydrogen) atoms. The lowest BCUT2D eigenvalue weighted by Crippen LogP contribution is -2.07. The van der Waals surface area contributed by atoms with Crippen molar-refractivity contribution in [1.29, 1.82) is 0 Å². The van der Waals surface area contributed by atoms with E-state index in [1.807, 2.05) is 0 Å². The van der Waals surface area contributed by atoms with Gasteiger partial charge in [0.15, 0.2) is 0 Å². The van der Waals surface area contributed by atoms with Crippen LogP contribution in [0, 0.1) is 0 Å². The van der Waals surface area contributed by atoms with Crippen molar-refractivity contribution < 1.29 is 13.2 Å². The summed E-state index contributed by atoms with van der Waals surface area (Å²) in [4.78, 5) is 3.71. The molecule has 2 rings (SSSR count).